The number of phenols is 1. The van der Waals surface area contributed by atoms with Crippen LogP contribution in [0.5, 0.6) is 11.5 Å². The van der Waals surface area contributed by atoms with E-state index in [4.69, 9.17) is 21.1 Å². The molecule has 0 unspecified atom stereocenters. The Kier molecular flexibility index (Phi) is 6.90. The number of benzene rings is 2. The molecule has 1 aliphatic rings. The maximum Gasteiger partial charge on any atom is 0.338 e. The van der Waals surface area contributed by atoms with Crippen molar-refractivity contribution in [2.45, 2.75) is 26.8 Å². The number of thiazole rings is 1. The van der Waals surface area contributed by atoms with Gasteiger partial charge in [0.25, 0.3) is 5.56 Å². The Balaban J connectivity index is 1.93. The number of hydrogen-bond acceptors (Lipinski definition) is 7. The van der Waals surface area contributed by atoms with Crippen LogP contribution in [0.1, 0.15) is 37.9 Å². The molecule has 1 aliphatic heterocycles. The highest BCUT2D eigenvalue weighted by atomic mass is 35.5. The number of aromatic nitrogens is 1. The van der Waals surface area contributed by atoms with Crippen LogP contribution in [0.3, 0.4) is 0 Å². The number of hydrogen-bond donors (Lipinski definition) is 1. The van der Waals surface area contributed by atoms with Crippen molar-refractivity contribution in [3.05, 3.63) is 89.6 Å². The highest BCUT2D eigenvalue weighted by Crippen LogP contribution is 2.31. The highest BCUT2D eigenvalue weighted by Gasteiger charge is 2.33. The lowest BCUT2D eigenvalue weighted by atomic mass is 9.96. The van der Waals surface area contributed by atoms with E-state index in [-0.39, 0.29) is 17.9 Å². The summed E-state index contributed by atoms with van der Waals surface area (Å²) in [5.41, 5.74) is 1.58. The molecule has 1 aromatic heterocycles. The van der Waals surface area contributed by atoms with Crippen molar-refractivity contribution in [2.75, 3.05) is 13.2 Å². The molecule has 2 heterocycles. The lowest BCUT2D eigenvalue weighted by molar-refractivity contribution is -0.139. The molecule has 0 saturated heterocycles. The third-order valence-corrected chi connectivity index (χ3v) is 6.52. The van der Waals surface area contributed by atoms with Gasteiger partial charge in [-0.25, -0.2) is 9.79 Å². The Hall–Kier alpha value is -3.36. The number of nitrogens with zero attached hydrogens (tertiary/aromatic N) is 2. The number of carbonyl (C=O) groups excluding carboxylic acids is 1. The van der Waals surface area contributed by atoms with E-state index in [0.29, 0.717) is 43.5 Å². The molecule has 0 radical (unpaired) electrons. The lowest BCUT2D eigenvalue weighted by Crippen LogP contribution is -2.39. The van der Waals surface area contributed by atoms with E-state index in [2.05, 4.69) is 4.99 Å². The van der Waals surface area contributed by atoms with E-state index in [0.717, 1.165) is 5.56 Å². The molecule has 176 valence electrons. The number of carbonyl (C=O) groups is 1. The first-order valence-electron chi connectivity index (χ1n) is 10.7. The minimum Gasteiger partial charge on any atom is -0.507 e. The number of fused-ring (bicyclic) bond motifs is 1. The van der Waals surface area contributed by atoms with Crippen LogP contribution in [0.15, 0.2) is 63.5 Å². The van der Waals surface area contributed by atoms with Crippen molar-refractivity contribution in [3.8, 4) is 11.5 Å². The predicted octanol–water partition coefficient (Wildman–Crippen LogP) is 3.56. The van der Waals surface area contributed by atoms with Gasteiger partial charge in [-0.1, -0.05) is 35.1 Å². The number of aromatic hydroxyl groups is 1. The molecule has 2 aromatic carbocycles. The number of ether oxygens (including phenoxy) is 2. The van der Waals surface area contributed by atoms with Crippen LogP contribution in [-0.2, 0) is 9.53 Å². The van der Waals surface area contributed by atoms with Crippen molar-refractivity contribution in [3.63, 3.8) is 0 Å². The third kappa shape index (κ3) is 4.51. The Morgan fingerprint density at radius 3 is 2.62 bits per heavy atom. The van der Waals surface area contributed by atoms with Gasteiger partial charge < -0.3 is 14.6 Å². The average molecular weight is 499 g/mol. The van der Waals surface area contributed by atoms with Gasteiger partial charge in [-0.2, -0.15) is 0 Å². The maximum absolute atomic E-state index is 13.6. The van der Waals surface area contributed by atoms with Crippen LogP contribution >= 0.6 is 22.9 Å². The zero-order valence-electron chi connectivity index (χ0n) is 18.9. The molecule has 0 amide bonds. The summed E-state index contributed by atoms with van der Waals surface area (Å²) in [6.45, 7) is 6.08. The van der Waals surface area contributed by atoms with E-state index in [1.807, 2.05) is 19.1 Å². The van der Waals surface area contributed by atoms with E-state index >= 15 is 0 Å². The summed E-state index contributed by atoms with van der Waals surface area (Å²) >= 11 is 7.24. The first-order valence-corrected chi connectivity index (χ1v) is 11.9. The highest BCUT2D eigenvalue weighted by molar-refractivity contribution is 7.07. The second kappa shape index (κ2) is 9.87. The second-order valence-electron chi connectivity index (χ2n) is 7.51. The molecule has 34 heavy (non-hydrogen) atoms. The Bertz CT molecular complexity index is 1450. The monoisotopic (exact) mass is 498 g/mol. The van der Waals surface area contributed by atoms with Gasteiger partial charge in [-0.05, 0) is 62.7 Å². The van der Waals surface area contributed by atoms with Crippen molar-refractivity contribution >= 4 is 35.0 Å². The molecule has 0 saturated carbocycles. The van der Waals surface area contributed by atoms with Gasteiger partial charge in [0.15, 0.2) is 4.80 Å². The van der Waals surface area contributed by atoms with Gasteiger partial charge in [0.2, 0.25) is 0 Å². The van der Waals surface area contributed by atoms with E-state index in [9.17, 15) is 14.7 Å². The summed E-state index contributed by atoms with van der Waals surface area (Å²) in [5, 5.41) is 10.6. The fraction of sp³-hybridized carbons (Fsp3) is 0.240. The number of halogens is 1. The first-order chi connectivity index (χ1) is 16.3. The average Bonchev–Trinajstić information content (AvgIpc) is 3.11. The van der Waals surface area contributed by atoms with Gasteiger partial charge in [-0.3, -0.25) is 9.36 Å². The van der Waals surface area contributed by atoms with Crippen LogP contribution < -0.4 is 19.6 Å². The van der Waals surface area contributed by atoms with Crippen LogP contribution in [0.25, 0.3) is 6.08 Å². The molecule has 1 atom stereocenters. The second-order valence-corrected chi connectivity index (χ2v) is 8.95. The molecule has 0 aliphatic carbocycles. The molecule has 0 bridgehead atoms. The zero-order valence-corrected chi connectivity index (χ0v) is 20.4. The van der Waals surface area contributed by atoms with Gasteiger partial charge in [-0.15, -0.1) is 0 Å². The minimum absolute atomic E-state index is 0.00157. The van der Waals surface area contributed by atoms with E-state index in [1.165, 1.54) is 22.0 Å². The number of allylic oxidation sites excluding steroid dienone is 1. The molecule has 0 fully saturated rings. The molecule has 7 nitrogen and oxygen atoms in total. The summed E-state index contributed by atoms with van der Waals surface area (Å²) in [5.74, 6) is 0.166. The molecule has 1 N–H and O–H groups in total. The number of esters is 1. The Morgan fingerprint density at radius 1 is 1.21 bits per heavy atom. The summed E-state index contributed by atoms with van der Waals surface area (Å²) in [6, 6.07) is 11.2. The smallest absolute Gasteiger partial charge is 0.338 e. The molecule has 0 spiro atoms. The topological polar surface area (TPSA) is 90.1 Å². The lowest BCUT2D eigenvalue weighted by Gasteiger charge is -2.24. The zero-order chi connectivity index (χ0) is 24.4. The van der Waals surface area contributed by atoms with Gasteiger partial charge >= 0.3 is 5.97 Å². The fourth-order valence-corrected chi connectivity index (χ4v) is 5.02. The molecule has 9 heteroatoms. The predicted molar refractivity (Wildman–Crippen MR) is 131 cm³/mol. The molecular weight excluding hydrogens is 476 g/mol. The minimum atomic E-state index is -0.721. The summed E-state index contributed by atoms with van der Waals surface area (Å²) < 4.78 is 12.7. The van der Waals surface area contributed by atoms with E-state index < -0.39 is 12.0 Å². The van der Waals surface area contributed by atoms with Crippen molar-refractivity contribution in [1.82, 2.24) is 4.57 Å². The van der Waals surface area contributed by atoms with Gasteiger partial charge in [0.1, 0.15) is 11.5 Å². The quantitative estimate of drug-likeness (QED) is 0.525. The van der Waals surface area contributed by atoms with Crippen LogP contribution in [-0.4, -0.2) is 28.9 Å². The normalized spacial score (nSPS) is 15.6. The largest absolute Gasteiger partial charge is 0.507 e. The fourth-order valence-electron chi connectivity index (χ4n) is 3.80. The van der Waals surface area contributed by atoms with Crippen LogP contribution in [0.2, 0.25) is 5.02 Å². The molecule has 3 aromatic rings. The third-order valence-electron chi connectivity index (χ3n) is 5.30. The Morgan fingerprint density at radius 2 is 1.94 bits per heavy atom. The van der Waals surface area contributed by atoms with Crippen LogP contribution in [0.4, 0.5) is 0 Å². The van der Waals surface area contributed by atoms with Gasteiger partial charge in [0.05, 0.1) is 35.1 Å². The number of rotatable bonds is 6. The molecule has 4 rings (SSSR count). The molecular formula is C25H23ClN2O5S. The summed E-state index contributed by atoms with van der Waals surface area (Å²) in [7, 11) is 0. The Labute approximate surface area is 204 Å². The first kappa shape index (κ1) is 23.8. The van der Waals surface area contributed by atoms with Crippen molar-refractivity contribution in [2.24, 2.45) is 4.99 Å². The van der Waals surface area contributed by atoms with Crippen molar-refractivity contribution in [1.29, 1.82) is 0 Å². The van der Waals surface area contributed by atoms with Crippen molar-refractivity contribution < 1.29 is 19.4 Å². The summed E-state index contributed by atoms with van der Waals surface area (Å²) in [6.07, 6.45) is 1.57. The van der Waals surface area contributed by atoms with E-state index in [1.54, 1.807) is 44.2 Å². The van der Waals surface area contributed by atoms with Gasteiger partial charge in [0, 0.05) is 10.6 Å². The number of phenolic OH excluding ortho intramolecular Hbond substituents is 1. The standard InChI is InChI=1S/C25H23ClN2O5S/c1-4-32-18-9-6-15(7-10-18)22-21(24(31)33-5-2)14(3)27-25-28(22)23(30)20(34-25)13-16-12-17(26)8-11-19(16)29/h6-13,22,29H,4-5H2,1-3H3/b20-13-/t22-/m1/s1. The SMILES string of the molecule is CCOC(=O)C1=C(C)N=c2s/c(=C\c3cc(Cl)ccc3O)c(=O)n2[C@@H]1c1ccc(OCC)cc1. The van der Waals surface area contributed by atoms with Crippen LogP contribution in [0, 0.1) is 0 Å². The maximum atomic E-state index is 13.6. The summed E-state index contributed by atoms with van der Waals surface area (Å²) in [4.78, 5) is 31.5.